The van der Waals surface area contributed by atoms with E-state index in [1.165, 1.54) is 19.2 Å². The molecule has 1 aliphatic carbocycles. The van der Waals surface area contributed by atoms with Crippen molar-refractivity contribution in [2.75, 3.05) is 7.11 Å². The van der Waals surface area contributed by atoms with Crippen LogP contribution in [0.4, 0.5) is 13.2 Å². The molecule has 0 aliphatic heterocycles. The Bertz CT molecular complexity index is 459. The van der Waals surface area contributed by atoms with Crippen LogP contribution in [0.2, 0.25) is 0 Å². The quantitative estimate of drug-likeness (QED) is 0.847. The molecule has 0 saturated heterocycles. The van der Waals surface area contributed by atoms with Crippen molar-refractivity contribution in [3.63, 3.8) is 0 Å². The molecular weight excluding hydrogens is 247 g/mol. The summed E-state index contributed by atoms with van der Waals surface area (Å²) in [5.74, 6) is -1.19. The Morgan fingerprint density at radius 3 is 2.67 bits per heavy atom. The van der Waals surface area contributed by atoms with Crippen LogP contribution in [0.5, 0.6) is 0 Å². The van der Waals surface area contributed by atoms with E-state index in [-0.39, 0.29) is 17.4 Å². The number of carbonyl (C=O) groups excluding carboxylic acids is 1. The molecule has 3 nitrogen and oxygen atoms in total. The van der Waals surface area contributed by atoms with E-state index in [0.717, 1.165) is 6.07 Å². The van der Waals surface area contributed by atoms with Gasteiger partial charge in [0.1, 0.15) is 0 Å². The van der Waals surface area contributed by atoms with E-state index in [1.54, 1.807) is 6.07 Å². The zero-order valence-corrected chi connectivity index (χ0v) is 9.62. The molecule has 98 valence electrons. The van der Waals surface area contributed by atoms with Gasteiger partial charge in [-0.2, -0.15) is 13.2 Å². The predicted molar refractivity (Wildman–Crippen MR) is 57.4 cm³/mol. The average Bonchev–Trinajstić information content (AvgIpc) is 3.08. The molecule has 18 heavy (non-hydrogen) atoms. The van der Waals surface area contributed by atoms with Gasteiger partial charge in [0.2, 0.25) is 5.91 Å². The van der Waals surface area contributed by atoms with Gasteiger partial charge >= 0.3 is 6.18 Å². The Kier molecular flexibility index (Phi) is 3.30. The lowest BCUT2D eigenvalue weighted by molar-refractivity contribution is -0.138. The Morgan fingerprint density at radius 2 is 2.06 bits per heavy atom. The first kappa shape index (κ1) is 12.9. The second kappa shape index (κ2) is 4.61. The summed E-state index contributed by atoms with van der Waals surface area (Å²) in [5.41, 5.74) is 1.66. The monoisotopic (exact) mass is 259 g/mol. The summed E-state index contributed by atoms with van der Waals surface area (Å²) < 4.78 is 38.4. The van der Waals surface area contributed by atoms with Gasteiger partial charge in [0.15, 0.2) is 0 Å². The molecule has 0 aromatic heterocycles. The third-order valence-electron chi connectivity index (χ3n) is 3.00. The first-order valence-corrected chi connectivity index (χ1v) is 5.44. The lowest BCUT2D eigenvalue weighted by Crippen LogP contribution is -2.24. The van der Waals surface area contributed by atoms with Gasteiger partial charge in [-0.15, -0.1) is 0 Å². The summed E-state index contributed by atoms with van der Waals surface area (Å²) in [4.78, 5) is 15.9. The van der Waals surface area contributed by atoms with Gasteiger partial charge in [0.05, 0.1) is 12.7 Å². The molecule has 1 amide bonds. The second-order valence-electron chi connectivity index (χ2n) is 4.20. The third-order valence-corrected chi connectivity index (χ3v) is 3.00. The summed E-state index contributed by atoms with van der Waals surface area (Å²) in [7, 11) is 1.29. The van der Waals surface area contributed by atoms with Crippen LogP contribution in [0.25, 0.3) is 0 Å². The third kappa shape index (κ3) is 2.48. The minimum atomic E-state index is -4.39. The van der Waals surface area contributed by atoms with Crippen molar-refractivity contribution in [2.24, 2.45) is 5.92 Å². The zero-order valence-electron chi connectivity index (χ0n) is 9.62. The summed E-state index contributed by atoms with van der Waals surface area (Å²) >= 11 is 0. The van der Waals surface area contributed by atoms with Crippen molar-refractivity contribution < 1.29 is 22.8 Å². The number of nitrogens with one attached hydrogen (secondary N) is 1. The van der Waals surface area contributed by atoms with Crippen LogP contribution < -0.4 is 5.48 Å². The van der Waals surface area contributed by atoms with Gasteiger partial charge in [0, 0.05) is 5.92 Å². The number of hydrogen-bond acceptors (Lipinski definition) is 2. The number of benzene rings is 1. The van der Waals surface area contributed by atoms with Crippen LogP contribution in [-0.2, 0) is 15.8 Å². The van der Waals surface area contributed by atoms with Crippen molar-refractivity contribution in [3.05, 3.63) is 35.4 Å². The number of carbonyl (C=O) groups is 1. The highest BCUT2D eigenvalue weighted by molar-refractivity contribution is 5.82. The molecule has 1 aliphatic rings. The number of rotatable bonds is 3. The van der Waals surface area contributed by atoms with E-state index < -0.39 is 17.7 Å². The fraction of sp³-hybridized carbons (Fsp3) is 0.417. The normalized spacial score (nSPS) is 22.7. The van der Waals surface area contributed by atoms with E-state index >= 15 is 0 Å². The van der Waals surface area contributed by atoms with Gasteiger partial charge in [-0.05, 0) is 24.0 Å². The molecule has 0 radical (unpaired) electrons. The molecule has 2 atom stereocenters. The van der Waals surface area contributed by atoms with E-state index in [4.69, 9.17) is 0 Å². The minimum Gasteiger partial charge on any atom is -0.277 e. The Balaban J connectivity index is 2.19. The largest absolute Gasteiger partial charge is 0.416 e. The average molecular weight is 259 g/mol. The minimum absolute atomic E-state index is 0.182. The van der Waals surface area contributed by atoms with Crippen molar-refractivity contribution in [3.8, 4) is 0 Å². The molecule has 0 spiro atoms. The predicted octanol–water partition coefficient (Wildman–Crippen LogP) is 2.49. The van der Waals surface area contributed by atoms with Crippen LogP contribution in [0.1, 0.15) is 23.5 Å². The van der Waals surface area contributed by atoms with Crippen LogP contribution in [0, 0.1) is 5.92 Å². The Morgan fingerprint density at radius 1 is 1.39 bits per heavy atom. The molecule has 2 unspecified atom stereocenters. The Labute approximate surface area is 102 Å². The molecule has 1 aromatic carbocycles. The molecular formula is C12H12F3NO2. The van der Waals surface area contributed by atoms with E-state index in [2.05, 4.69) is 10.3 Å². The molecule has 1 N–H and O–H groups in total. The molecule has 6 heteroatoms. The number of halogens is 3. The maximum absolute atomic E-state index is 12.8. The highest BCUT2D eigenvalue weighted by atomic mass is 19.4. The maximum atomic E-state index is 12.8. The fourth-order valence-corrected chi connectivity index (χ4v) is 2.08. The molecule has 1 saturated carbocycles. The Hall–Kier alpha value is -1.56. The summed E-state index contributed by atoms with van der Waals surface area (Å²) in [6, 6.07) is 5.36. The van der Waals surface area contributed by atoms with E-state index in [0.29, 0.717) is 6.42 Å². The van der Waals surface area contributed by atoms with E-state index in [1.807, 2.05) is 0 Å². The van der Waals surface area contributed by atoms with Crippen molar-refractivity contribution in [2.45, 2.75) is 18.5 Å². The molecule has 2 rings (SSSR count). The van der Waals surface area contributed by atoms with Crippen molar-refractivity contribution in [1.82, 2.24) is 5.48 Å². The molecule has 1 aromatic rings. The summed E-state index contributed by atoms with van der Waals surface area (Å²) in [6.45, 7) is 0. The van der Waals surface area contributed by atoms with Gasteiger partial charge in [-0.1, -0.05) is 18.2 Å². The molecule has 0 bridgehead atoms. The van der Waals surface area contributed by atoms with Crippen LogP contribution >= 0.6 is 0 Å². The summed E-state index contributed by atoms with van der Waals surface area (Å²) in [6.07, 6.45) is -3.97. The second-order valence-corrected chi connectivity index (χ2v) is 4.20. The molecule has 0 heterocycles. The smallest absolute Gasteiger partial charge is 0.277 e. The first-order chi connectivity index (χ1) is 8.45. The van der Waals surface area contributed by atoms with Gasteiger partial charge in [-0.25, -0.2) is 5.48 Å². The van der Waals surface area contributed by atoms with Crippen LogP contribution in [-0.4, -0.2) is 13.0 Å². The van der Waals surface area contributed by atoms with Gasteiger partial charge < -0.3 is 0 Å². The number of amides is 1. The van der Waals surface area contributed by atoms with Crippen molar-refractivity contribution in [1.29, 1.82) is 0 Å². The molecule has 1 fully saturated rings. The zero-order chi connectivity index (χ0) is 13.3. The maximum Gasteiger partial charge on any atom is 0.416 e. The lowest BCUT2D eigenvalue weighted by Gasteiger charge is -2.12. The van der Waals surface area contributed by atoms with Crippen molar-refractivity contribution >= 4 is 5.91 Å². The first-order valence-electron chi connectivity index (χ1n) is 5.44. The van der Waals surface area contributed by atoms with Gasteiger partial charge in [-0.3, -0.25) is 9.63 Å². The topological polar surface area (TPSA) is 38.3 Å². The standard InChI is InChI=1S/C12H12F3NO2/c1-18-16-11(17)9-6-8(9)7-4-2-3-5-10(7)12(13,14)15/h2-5,8-9H,6H2,1H3,(H,16,17). The number of hydrogen-bond donors (Lipinski definition) is 1. The fourth-order valence-electron chi connectivity index (χ4n) is 2.08. The summed E-state index contributed by atoms with van der Waals surface area (Å²) in [5, 5.41) is 0. The highest BCUT2D eigenvalue weighted by Crippen LogP contribution is 2.50. The SMILES string of the molecule is CONC(=O)C1CC1c1ccccc1C(F)(F)F. The van der Waals surface area contributed by atoms with Crippen LogP contribution in [0.3, 0.4) is 0 Å². The highest BCUT2D eigenvalue weighted by Gasteiger charge is 2.47. The number of hydroxylamine groups is 1. The van der Waals surface area contributed by atoms with E-state index in [9.17, 15) is 18.0 Å². The van der Waals surface area contributed by atoms with Gasteiger partial charge in [0.25, 0.3) is 0 Å². The van der Waals surface area contributed by atoms with Crippen LogP contribution in [0.15, 0.2) is 24.3 Å². The lowest BCUT2D eigenvalue weighted by atomic mass is 10.0. The number of alkyl halides is 3.